The van der Waals surface area contributed by atoms with E-state index < -0.39 is 9.84 Å². The van der Waals surface area contributed by atoms with Gasteiger partial charge in [-0.15, -0.1) is 0 Å². The molecule has 0 amide bonds. The predicted molar refractivity (Wildman–Crippen MR) is 196 cm³/mol. The van der Waals surface area contributed by atoms with Crippen molar-refractivity contribution in [1.82, 2.24) is 10.2 Å². The Kier molecular flexibility index (Phi) is 8.06. The number of fused-ring (bicyclic) bond motifs is 7. The number of allylic oxidation sites excluding steroid dienone is 2. The number of benzene rings is 1. The molecule has 10 atom stereocenters. The number of hydrogen-bond donors (Lipinski definition) is 1. The van der Waals surface area contributed by atoms with Gasteiger partial charge in [0.1, 0.15) is 5.82 Å². The van der Waals surface area contributed by atoms with E-state index >= 15 is 0 Å². The number of rotatable bonds is 6. The third-order valence-corrected chi connectivity index (χ3v) is 18.8. The topological polar surface area (TPSA) is 61.9 Å². The molecule has 0 aromatic heterocycles. The minimum atomic E-state index is -2.86. The monoisotopic (exact) mass is 694 g/mol. The molecule has 2 aliphatic heterocycles. The minimum Gasteiger partial charge on any atom is -0.370 e. The number of nitrogens with zero attached hydrogens (tertiary/aromatic N) is 1. The standard InChI is InChI=1S/C42H63FN2O3S/c1-28-8-9-29(26-33(28)43)30-12-15-38(4)34(37(30,2)3)14-16-40(6)35(38)11-10-31-36-32(41(7)27-48-41)13-17-42(36,19-18-39(31,40)5)44-20-21-45-22-24-49(46,47)25-23-45/h8-9,12,26,31-32,34-36,44H,10-11,13-25,27H2,1-7H3/t31-,32-,34+,35-,36+,38+,39-,40-,41?,42+/m1/s1. The van der Waals surface area contributed by atoms with Crippen LogP contribution in [0.5, 0.6) is 0 Å². The van der Waals surface area contributed by atoms with Crippen molar-refractivity contribution in [2.45, 2.75) is 117 Å². The Bertz CT molecular complexity index is 1620. The van der Waals surface area contributed by atoms with Crippen LogP contribution in [0.3, 0.4) is 0 Å². The van der Waals surface area contributed by atoms with Gasteiger partial charge in [0.2, 0.25) is 0 Å². The molecule has 7 heteroatoms. The molecule has 49 heavy (non-hydrogen) atoms. The van der Waals surface area contributed by atoms with Crippen LogP contribution < -0.4 is 5.32 Å². The van der Waals surface area contributed by atoms with Crippen LogP contribution in [-0.2, 0) is 14.6 Å². The van der Waals surface area contributed by atoms with Crippen molar-refractivity contribution in [1.29, 1.82) is 0 Å². The molecule has 1 aromatic carbocycles. The van der Waals surface area contributed by atoms with Gasteiger partial charge in [0.25, 0.3) is 0 Å². The molecule has 1 unspecified atom stereocenters. The Morgan fingerprint density at radius 2 is 1.63 bits per heavy atom. The molecule has 0 bridgehead atoms. The third kappa shape index (κ3) is 5.15. The number of halogens is 1. The van der Waals surface area contributed by atoms with E-state index in [1.807, 2.05) is 13.0 Å². The van der Waals surface area contributed by atoms with Crippen LogP contribution in [0.15, 0.2) is 24.3 Å². The highest BCUT2D eigenvalue weighted by molar-refractivity contribution is 7.91. The second-order valence-corrected chi connectivity index (χ2v) is 21.8. The number of sulfone groups is 1. The van der Waals surface area contributed by atoms with E-state index in [9.17, 15) is 12.8 Å². The van der Waals surface area contributed by atoms with E-state index in [1.54, 1.807) is 6.07 Å². The van der Waals surface area contributed by atoms with Gasteiger partial charge in [-0.25, -0.2) is 12.8 Å². The summed E-state index contributed by atoms with van der Waals surface area (Å²) < 4.78 is 45.2. The molecular weight excluding hydrogens is 632 g/mol. The summed E-state index contributed by atoms with van der Waals surface area (Å²) in [4.78, 5) is 2.36. The van der Waals surface area contributed by atoms with E-state index in [1.165, 1.54) is 56.9 Å². The normalized spacial score (nSPS) is 46.9. The summed E-state index contributed by atoms with van der Waals surface area (Å²) in [6.45, 7) is 21.4. The maximum Gasteiger partial charge on any atom is 0.152 e. The largest absolute Gasteiger partial charge is 0.370 e. The van der Waals surface area contributed by atoms with Gasteiger partial charge in [0.05, 0.1) is 23.7 Å². The number of nitrogens with one attached hydrogen (secondary N) is 1. The first-order valence-corrected chi connectivity index (χ1v) is 21.6. The summed E-state index contributed by atoms with van der Waals surface area (Å²) in [6, 6.07) is 5.89. The van der Waals surface area contributed by atoms with Crippen molar-refractivity contribution in [3.05, 3.63) is 41.2 Å². The Morgan fingerprint density at radius 1 is 0.898 bits per heavy atom. The van der Waals surface area contributed by atoms with Crippen LogP contribution in [0.25, 0.3) is 5.57 Å². The first-order chi connectivity index (χ1) is 23.0. The van der Waals surface area contributed by atoms with E-state index in [-0.39, 0.29) is 38.6 Å². The van der Waals surface area contributed by atoms with Gasteiger partial charge < -0.3 is 15.0 Å². The van der Waals surface area contributed by atoms with Crippen molar-refractivity contribution >= 4 is 15.4 Å². The summed E-state index contributed by atoms with van der Waals surface area (Å²) >= 11 is 0. The van der Waals surface area contributed by atoms with Crippen LogP contribution >= 0.6 is 0 Å². The zero-order chi connectivity index (χ0) is 34.8. The maximum absolute atomic E-state index is 14.8. The number of ether oxygens (including phenoxy) is 1. The molecule has 8 rings (SSSR count). The lowest BCUT2D eigenvalue weighted by Gasteiger charge is -2.72. The fourth-order valence-electron chi connectivity index (χ4n) is 14.2. The Labute approximate surface area is 296 Å². The van der Waals surface area contributed by atoms with Crippen molar-refractivity contribution in [2.24, 2.45) is 51.2 Å². The SMILES string of the molecule is Cc1ccc(C2=CC[C@]3(C)[C@H]4CC[C@@H]5[C@H]6[C@H](C7(C)CO7)CC[C@]6(NCCN6CCS(=O)(=O)CC6)CC[C@@]5(C)[C@]4(C)CC[C@H]3C2(C)C)cc1F. The summed E-state index contributed by atoms with van der Waals surface area (Å²) in [5.41, 5.74) is 4.11. The molecule has 4 saturated carbocycles. The minimum absolute atomic E-state index is 0.00752. The molecule has 1 N–H and O–H groups in total. The van der Waals surface area contributed by atoms with Gasteiger partial charge in [-0.1, -0.05) is 52.8 Å². The fraction of sp³-hybridized carbons (Fsp3) is 0.810. The zero-order valence-electron chi connectivity index (χ0n) is 31.5. The van der Waals surface area contributed by atoms with Gasteiger partial charge in [-0.05, 0) is 146 Å². The zero-order valence-corrected chi connectivity index (χ0v) is 32.3. The molecular formula is C42H63FN2O3S. The fourth-order valence-corrected chi connectivity index (χ4v) is 15.5. The van der Waals surface area contributed by atoms with Gasteiger partial charge in [-0.3, -0.25) is 0 Å². The quantitative estimate of drug-likeness (QED) is 0.306. The lowest BCUT2D eigenvalue weighted by molar-refractivity contribution is -0.221. The average Bonchev–Trinajstić information content (AvgIpc) is 3.66. The van der Waals surface area contributed by atoms with Crippen molar-refractivity contribution in [3.8, 4) is 0 Å². The number of hydrogen-bond acceptors (Lipinski definition) is 5. The molecule has 0 spiro atoms. The average molecular weight is 695 g/mol. The van der Waals surface area contributed by atoms with E-state index in [4.69, 9.17) is 4.74 Å². The lowest BCUT2D eigenvalue weighted by atomic mass is 9.33. The van der Waals surface area contributed by atoms with Crippen LogP contribution in [0, 0.1) is 64.0 Å². The highest BCUT2D eigenvalue weighted by Gasteiger charge is 2.72. The molecule has 6 fully saturated rings. The first-order valence-electron chi connectivity index (χ1n) is 19.8. The Hall–Kier alpha value is -1.28. The van der Waals surface area contributed by atoms with Crippen molar-refractivity contribution in [3.63, 3.8) is 0 Å². The van der Waals surface area contributed by atoms with E-state index in [2.05, 4.69) is 63.9 Å². The summed E-state index contributed by atoms with van der Waals surface area (Å²) in [6.07, 6.45) is 13.8. The van der Waals surface area contributed by atoms with Crippen LogP contribution in [-0.4, -0.2) is 68.7 Å². The number of aryl methyl sites for hydroxylation is 1. The highest BCUT2D eigenvalue weighted by atomic mass is 32.2. The van der Waals surface area contributed by atoms with Crippen molar-refractivity contribution < 1.29 is 17.5 Å². The second kappa shape index (κ2) is 11.4. The molecule has 2 saturated heterocycles. The number of epoxide rings is 1. The smallest absolute Gasteiger partial charge is 0.152 e. The third-order valence-electron chi connectivity index (χ3n) is 17.2. The predicted octanol–water partition coefficient (Wildman–Crippen LogP) is 8.07. The molecule has 2 heterocycles. The van der Waals surface area contributed by atoms with Crippen LogP contribution in [0.2, 0.25) is 0 Å². The van der Waals surface area contributed by atoms with Gasteiger partial charge in [0, 0.05) is 31.7 Å². The first kappa shape index (κ1) is 34.8. The molecule has 5 nitrogen and oxygen atoms in total. The van der Waals surface area contributed by atoms with E-state index in [0.717, 1.165) is 37.2 Å². The molecule has 1 aromatic rings. The summed E-state index contributed by atoms with van der Waals surface area (Å²) in [7, 11) is -2.86. The van der Waals surface area contributed by atoms with Gasteiger partial charge >= 0.3 is 0 Å². The molecule has 272 valence electrons. The summed E-state index contributed by atoms with van der Waals surface area (Å²) in [5.74, 6) is 3.67. The maximum atomic E-state index is 14.8. The van der Waals surface area contributed by atoms with Crippen LogP contribution in [0.1, 0.15) is 110 Å². The van der Waals surface area contributed by atoms with Gasteiger partial charge in [0.15, 0.2) is 9.84 Å². The summed E-state index contributed by atoms with van der Waals surface area (Å²) in [5, 5.41) is 4.24. The highest BCUT2D eigenvalue weighted by Crippen LogP contribution is 2.77. The lowest BCUT2D eigenvalue weighted by Crippen LogP contribution is -2.68. The molecule has 5 aliphatic carbocycles. The Morgan fingerprint density at radius 3 is 2.33 bits per heavy atom. The molecule has 0 radical (unpaired) electrons. The van der Waals surface area contributed by atoms with E-state index in [0.29, 0.717) is 54.2 Å². The second-order valence-electron chi connectivity index (χ2n) is 19.5. The van der Waals surface area contributed by atoms with Gasteiger partial charge in [-0.2, -0.15) is 0 Å². The van der Waals surface area contributed by atoms with Crippen molar-refractivity contribution in [2.75, 3.05) is 44.3 Å². The molecule has 7 aliphatic rings. The van der Waals surface area contributed by atoms with Crippen LogP contribution in [0.4, 0.5) is 4.39 Å². The Balaban J connectivity index is 1.07.